The first-order valence-corrected chi connectivity index (χ1v) is 5.84. The number of benzene rings is 1. The molecule has 0 aliphatic heterocycles. The van der Waals surface area contributed by atoms with Crippen LogP contribution < -0.4 is 10.9 Å². The third-order valence-corrected chi connectivity index (χ3v) is 2.95. The Balaban J connectivity index is 2.44. The van der Waals surface area contributed by atoms with Crippen molar-refractivity contribution in [2.75, 3.05) is 13.6 Å². The van der Waals surface area contributed by atoms with E-state index in [1.807, 2.05) is 14.0 Å². The fourth-order valence-electron chi connectivity index (χ4n) is 1.97. The second-order valence-electron chi connectivity index (χ2n) is 4.17. The maximum absolute atomic E-state index is 13.2. The lowest BCUT2D eigenvalue weighted by atomic mass is 10.2. The highest BCUT2D eigenvalue weighted by Gasteiger charge is 2.11. The Kier molecular flexibility index (Phi) is 3.62. The number of aromatic amines is 1. The lowest BCUT2D eigenvalue weighted by molar-refractivity contribution is 0.625. The first-order chi connectivity index (χ1) is 8.63. The van der Waals surface area contributed by atoms with E-state index in [4.69, 9.17) is 0 Å². The van der Waals surface area contributed by atoms with Gasteiger partial charge in [0.15, 0.2) is 0 Å². The highest BCUT2D eigenvalue weighted by molar-refractivity contribution is 5.35. The van der Waals surface area contributed by atoms with E-state index >= 15 is 0 Å². The molecule has 5 heteroatoms. The molecule has 0 spiro atoms. The molecule has 0 unspecified atom stereocenters. The zero-order chi connectivity index (χ0) is 13.1. The molecule has 0 radical (unpaired) electrons. The van der Waals surface area contributed by atoms with Gasteiger partial charge in [0.1, 0.15) is 5.82 Å². The minimum atomic E-state index is -0.321. The van der Waals surface area contributed by atoms with Crippen LogP contribution in [0.25, 0.3) is 5.69 Å². The predicted octanol–water partition coefficient (Wildman–Crippen LogP) is 1.38. The number of H-pyrrole nitrogens is 1. The number of halogens is 1. The fraction of sp³-hybridized carbons (Fsp3) is 0.308. The molecule has 4 nitrogen and oxygen atoms in total. The first kappa shape index (κ1) is 12.6. The first-order valence-electron chi connectivity index (χ1n) is 5.84. The van der Waals surface area contributed by atoms with Crippen molar-refractivity contribution in [2.24, 2.45) is 0 Å². The van der Waals surface area contributed by atoms with Crippen molar-refractivity contribution in [3.8, 4) is 5.69 Å². The largest absolute Gasteiger partial charge is 0.319 e. The molecule has 1 aromatic heterocycles. The average molecular weight is 249 g/mol. The third kappa shape index (κ3) is 2.36. The summed E-state index contributed by atoms with van der Waals surface area (Å²) in [6, 6.07) is 6.15. The van der Waals surface area contributed by atoms with Gasteiger partial charge in [-0.2, -0.15) is 0 Å². The summed E-state index contributed by atoms with van der Waals surface area (Å²) in [5, 5.41) is 5.74. The van der Waals surface area contributed by atoms with E-state index in [1.54, 1.807) is 16.8 Å². The summed E-state index contributed by atoms with van der Waals surface area (Å²) in [5.41, 5.74) is 2.06. The van der Waals surface area contributed by atoms with Gasteiger partial charge in [-0.15, -0.1) is 0 Å². The van der Waals surface area contributed by atoms with Crippen molar-refractivity contribution in [1.29, 1.82) is 0 Å². The van der Waals surface area contributed by atoms with Crippen molar-refractivity contribution in [3.05, 3.63) is 51.7 Å². The molecule has 0 saturated carbocycles. The number of nitrogens with zero attached hydrogens (tertiary/aromatic N) is 1. The van der Waals surface area contributed by atoms with Crippen molar-refractivity contribution < 1.29 is 4.39 Å². The minimum absolute atomic E-state index is 0.119. The average Bonchev–Trinajstić information content (AvgIpc) is 2.63. The minimum Gasteiger partial charge on any atom is -0.319 e. The predicted molar refractivity (Wildman–Crippen MR) is 68.7 cm³/mol. The summed E-state index contributed by atoms with van der Waals surface area (Å²) in [4.78, 5) is 11.8. The van der Waals surface area contributed by atoms with Gasteiger partial charge < -0.3 is 5.32 Å². The summed E-state index contributed by atoms with van der Waals surface area (Å²) >= 11 is 0. The molecule has 0 atom stereocenters. The molecule has 96 valence electrons. The molecule has 0 bridgehead atoms. The van der Waals surface area contributed by atoms with E-state index < -0.39 is 0 Å². The van der Waals surface area contributed by atoms with Gasteiger partial charge in [0.2, 0.25) is 0 Å². The van der Waals surface area contributed by atoms with Crippen molar-refractivity contribution in [3.63, 3.8) is 0 Å². The molecule has 2 N–H and O–H groups in total. The van der Waals surface area contributed by atoms with Gasteiger partial charge in [-0.1, -0.05) is 6.07 Å². The number of nitrogens with one attached hydrogen (secondary N) is 2. The number of aromatic nitrogens is 2. The summed E-state index contributed by atoms with van der Waals surface area (Å²) in [5.74, 6) is -0.321. The Bertz CT molecular complexity index is 601. The molecule has 1 aromatic carbocycles. The smallest absolute Gasteiger partial charge is 0.267 e. The van der Waals surface area contributed by atoms with Crippen LogP contribution in [0, 0.1) is 12.7 Å². The molecule has 0 aliphatic rings. The summed E-state index contributed by atoms with van der Waals surface area (Å²) in [6.45, 7) is 2.59. The van der Waals surface area contributed by atoms with Crippen LogP contribution in [-0.4, -0.2) is 23.4 Å². The van der Waals surface area contributed by atoms with E-state index in [0.29, 0.717) is 12.1 Å². The van der Waals surface area contributed by atoms with Crippen LogP contribution in [0.5, 0.6) is 0 Å². The Hall–Kier alpha value is -1.88. The van der Waals surface area contributed by atoms with Crippen LogP contribution in [0.15, 0.2) is 29.1 Å². The second-order valence-corrected chi connectivity index (χ2v) is 4.17. The van der Waals surface area contributed by atoms with E-state index in [0.717, 1.165) is 17.8 Å². The van der Waals surface area contributed by atoms with Crippen molar-refractivity contribution >= 4 is 0 Å². The highest BCUT2D eigenvalue weighted by Crippen LogP contribution is 2.12. The molecule has 18 heavy (non-hydrogen) atoms. The molecule has 0 aliphatic carbocycles. The van der Waals surface area contributed by atoms with Crippen LogP contribution in [0.2, 0.25) is 0 Å². The molecular weight excluding hydrogens is 233 g/mol. The number of hydrogen-bond acceptors (Lipinski definition) is 2. The Morgan fingerprint density at radius 2 is 2.22 bits per heavy atom. The maximum Gasteiger partial charge on any atom is 0.267 e. The van der Waals surface area contributed by atoms with Gasteiger partial charge in [0.25, 0.3) is 5.56 Å². The standard InChI is InChI=1S/C13H16FN3O/c1-9-12(6-7-15-2)13(18)16-17(9)11-5-3-4-10(14)8-11/h3-5,8,15H,6-7H2,1-2H3,(H,16,18). The van der Waals surface area contributed by atoms with Crippen LogP contribution in [0.1, 0.15) is 11.3 Å². The van der Waals surface area contributed by atoms with Gasteiger partial charge in [0.05, 0.1) is 5.69 Å². The topological polar surface area (TPSA) is 49.8 Å². The Morgan fingerprint density at radius 3 is 2.89 bits per heavy atom. The van der Waals surface area contributed by atoms with E-state index in [2.05, 4.69) is 10.4 Å². The van der Waals surface area contributed by atoms with Crippen LogP contribution in [-0.2, 0) is 6.42 Å². The van der Waals surface area contributed by atoms with Gasteiger partial charge in [-0.25, -0.2) is 4.39 Å². The van der Waals surface area contributed by atoms with Crippen molar-refractivity contribution in [1.82, 2.24) is 15.1 Å². The number of hydrogen-bond donors (Lipinski definition) is 2. The second kappa shape index (κ2) is 5.18. The summed E-state index contributed by atoms with van der Waals surface area (Å²) < 4.78 is 14.8. The molecule has 0 saturated heterocycles. The Morgan fingerprint density at radius 1 is 1.44 bits per heavy atom. The van der Waals surface area contributed by atoms with Gasteiger partial charge in [-0.3, -0.25) is 14.6 Å². The number of rotatable bonds is 4. The lowest BCUT2D eigenvalue weighted by Crippen LogP contribution is -2.15. The number of likely N-dealkylation sites (N-methyl/N-ethyl adjacent to an activating group) is 1. The lowest BCUT2D eigenvalue weighted by Gasteiger charge is -2.06. The monoisotopic (exact) mass is 249 g/mol. The van der Waals surface area contributed by atoms with Gasteiger partial charge in [0, 0.05) is 11.3 Å². The summed E-state index contributed by atoms with van der Waals surface area (Å²) in [7, 11) is 1.84. The van der Waals surface area contributed by atoms with Crippen LogP contribution >= 0.6 is 0 Å². The molecule has 2 rings (SSSR count). The van der Waals surface area contributed by atoms with Crippen LogP contribution in [0.3, 0.4) is 0 Å². The molecule has 2 aromatic rings. The molecule has 1 heterocycles. The highest BCUT2D eigenvalue weighted by atomic mass is 19.1. The quantitative estimate of drug-likeness (QED) is 0.860. The van der Waals surface area contributed by atoms with E-state index in [9.17, 15) is 9.18 Å². The third-order valence-electron chi connectivity index (χ3n) is 2.95. The van der Waals surface area contributed by atoms with Crippen LogP contribution in [0.4, 0.5) is 4.39 Å². The summed E-state index contributed by atoms with van der Waals surface area (Å²) in [6.07, 6.45) is 0.653. The Labute approximate surface area is 104 Å². The molecule has 0 amide bonds. The normalized spacial score (nSPS) is 10.8. The van der Waals surface area contributed by atoms with Gasteiger partial charge >= 0.3 is 0 Å². The van der Waals surface area contributed by atoms with Gasteiger partial charge in [-0.05, 0) is 45.1 Å². The SMILES string of the molecule is CNCCc1c(C)n(-c2cccc(F)c2)[nH]c1=O. The van der Waals surface area contributed by atoms with E-state index in [1.165, 1.54) is 12.1 Å². The fourth-order valence-corrected chi connectivity index (χ4v) is 1.97. The molecular formula is C13H16FN3O. The zero-order valence-electron chi connectivity index (χ0n) is 10.5. The van der Waals surface area contributed by atoms with Crippen molar-refractivity contribution in [2.45, 2.75) is 13.3 Å². The van der Waals surface area contributed by atoms with E-state index in [-0.39, 0.29) is 11.4 Å². The zero-order valence-corrected chi connectivity index (χ0v) is 10.5. The molecule has 0 fully saturated rings. The maximum atomic E-state index is 13.2.